The Morgan fingerprint density at radius 2 is 2.36 bits per heavy atom. The Morgan fingerprint density at radius 1 is 1.57 bits per heavy atom. The van der Waals surface area contributed by atoms with Crippen LogP contribution in [0.25, 0.3) is 0 Å². The molecule has 1 aromatic rings. The molecular formula is C10H17N3O. The molecule has 0 spiro atoms. The Balaban J connectivity index is 2.43. The second-order valence-corrected chi connectivity index (χ2v) is 3.27. The van der Waals surface area contributed by atoms with Crippen LogP contribution >= 0.6 is 0 Å². The smallest absolute Gasteiger partial charge is 0.128 e. The third-order valence-electron chi connectivity index (χ3n) is 1.92. The van der Waals surface area contributed by atoms with E-state index in [4.69, 9.17) is 10.5 Å². The van der Waals surface area contributed by atoms with Crippen LogP contribution in [0.5, 0.6) is 0 Å². The standard InChI is InChI=1S/C10H17N3O/c1-8(6-7-14-2)12-10-5-3-4-9(11)13-10/h3-5,8H,6-7H2,1-2H3,(H3,11,12,13). The summed E-state index contributed by atoms with van der Waals surface area (Å²) < 4.78 is 4.99. The molecule has 0 aliphatic heterocycles. The summed E-state index contributed by atoms with van der Waals surface area (Å²) in [6.07, 6.45) is 0.951. The topological polar surface area (TPSA) is 60.2 Å². The summed E-state index contributed by atoms with van der Waals surface area (Å²) in [5.41, 5.74) is 5.56. The molecule has 4 nitrogen and oxygen atoms in total. The molecule has 1 rings (SSSR count). The zero-order valence-electron chi connectivity index (χ0n) is 8.66. The maximum Gasteiger partial charge on any atom is 0.128 e. The Bertz CT molecular complexity index is 278. The maximum absolute atomic E-state index is 5.56. The number of nitrogens with one attached hydrogen (secondary N) is 1. The fourth-order valence-corrected chi connectivity index (χ4v) is 1.15. The minimum Gasteiger partial charge on any atom is -0.385 e. The number of nitrogens with two attached hydrogens (primary N) is 1. The SMILES string of the molecule is COCCC(C)Nc1cccc(N)n1. The third-order valence-corrected chi connectivity index (χ3v) is 1.92. The molecular weight excluding hydrogens is 178 g/mol. The van der Waals surface area contributed by atoms with E-state index in [1.165, 1.54) is 0 Å². The number of rotatable bonds is 5. The van der Waals surface area contributed by atoms with E-state index in [9.17, 15) is 0 Å². The average Bonchev–Trinajstić information content (AvgIpc) is 2.15. The van der Waals surface area contributed by atoms with Gasteiger partial charge in [0, 0.05) is 19.8 Å². The first-order valence-corrected chi connectivity index (χ1v) is 4.70. The Kier molecular flexibility index (Phi) is 4.19. The van der Waals surface area contributed by atoms with Gasteiger partial charge in [-0.25, -0.2) is 4.98 Å². The normalized spacial score (nSPS) is 12.4. The van der Waals surface area contributed by atoms with Crippen molar-refractivity contribution < 1.29 is 4.74 Å². The summed E-state index contributed by atoms with van der Waals surface area (Å²) in [5, 5.41) is 3.25. The number of hydrogen-bond donors (Lipinski definition) is 2. The van der Waals surface area contributed by atoms with E-state index in [1.54, 1.807) is 13.2 Å². The zero-order chi connectivity index (χ0) is 10.4. The molecule has 0 amide bonds. The van der Waals surface area contributed by atoms with Gasteiger partial charge in [-0.05, 0) is 25.5 Å². The van der Waals surface area contributed by atoms with Crippen molar-refractivity contribution in [1.82, 2.24) is 4.98 Å². The van der Waals surface area contributed by atoms with E-state index in [2.05, 4.69) is 17.2 Å². The minimum absolute atomic E-state index is 0.337. The quantitative estimate of drug-likeness (QED) is 0.747. The second kappa shape index (κ2) is 5.44. The van der Waals surface area contributed by atoms with E-state index >= 15 is 0 Å². The average molecular weight is 195 g/mol. The number of hydrogen-bond acceptors (Lipinski definition) is 4. The summed E-state index contributed by atoms with van der Waals surface area (Å²) in [5.74, 6) is 1.35. The van der Waals surface area contributed by atoms with Crippen molar-refractivity contribution in [2.45, 2.75) is 19.4 Å². The lowest BCUT2D eigenvalue weighted by Gasteiger charge is -2.13. The van der Waals surface area contributed by atoms with Crippen LogP contribution in [0.15, 0.2) is 18.2 Å². The first kappa shape index (κ1) is 10.8. The zero-order valence-corrected chi connectivity index (χ0v) is 8.66. The molecule has 1 unspecified atom stereocenters. The van der Waals surface area contributed by atoms with Crippen LogP contribution in [0.3, 0.4) is 0 Å². The lowest BCUT2D eigenvalue weighted by Crippen LogP contribution is -2.18. The Morgan fingerprint density at radius 3 is 3.00 bits per heavy atom. The highest BCUT2D eigenvalue weighted by Gasteiger charge is 2.02. The van der Waals surface area contributed by atoms with Gasteiger partial charge in [0.05, 0.1) is 0 Å². The number of nitrogens with zero attached hydrogens (tertiary/aromatic N) is 1. The third kappa shape index (κ3) is 3.62. The van der Waals surface area contributed by atoms with Crippen LogP contribution in [0, 0.1) is 0 Å². The number of ether oxygens (including phenoxy) is 1. The van der Waals surface area contributed by atoms with Gasteiger partial charge >= 0.3 is 0 Å². The van der Waals surface area contributed by atoms with Crippen molar-refractivity contribution in [2.24, 2.45) is 0 Å². The predicted molar refractivity (Wildman–Crippen MR) is 58.2 cm³/mol. The number of methoxy groups -OCH3 is 1. The maximum atomic E-state index is 5.56. The second-order valence-electron chi connectivity index (χ2n) is 3.27. The van der Waals surface area contributed by atoms with Gasteiger partial charge in [-0.2, -0.15) is 0 Å². The highest BCUT2D eigenvalue weighted by atomic mass is 16.5. The van der Waals surface area contributed by atoms with Gasteiger partial charge in [0.2, 0.25) is 0 Å². The van der Waals surface area contributed by atoms with Crippen molar-refractivity contribution in [3.05, 3.63) is 18.2 Å². The first-order chi connectivity index (χ1) is 6.72. The molecule has 0 saturated heterocycles. The molecule has 1 aromatic heterocycles. The number of anilines is 2. The van der Waals surface area contributed by atoms with Gasteiger partial charge < -0.3 is 15.8 Å². The van der Waals surface area contributed by atoms with Gasteiger partial charge in [0.1, 0.15) is 11.6 Å². The van der Waals surface area contributed by atoms with Crippen LogP contribution in [0.2, 0.25) is 0 Å². The first-order valence-electron chi connectivity index (χ1n) is 4.70. The molecule has 14 heavy (non-hydrogen) atoms. The number of nitrogen functional groups attached to an aromatic ring is 1. The van der Waals surface area contributed by atoms with Crippen molar-refractivity contribution >= 4 is 11.6 Å². The molecule has 3 N–H and O–H groups in total. The molecule has 1 atom stereocenters. The molecule has 4 heteroatoms. The van der Waals surface area contributed by atoms with Crippen LogP contribution in [-0.2, 0) is 4.74 Å². The van der Waals surface area contributed by atoms with Crippen molar-refractivity contribution in [3.8, 4) is 0 Å². The number of aromatic nitrogens is 1. The molecule has 78 valence electrons. The summed E-state index contributed by atoms with van der Waals surface area (Å²) in [4.78, 5) is 4.15. The van der Waals surface area contributed by atoms with E-state index < -0.39 is 0 Å². The summed E-state index contributed by atoms with van der Waals surface area (Å²) in [7, 11) is 1.70. The highest BCUT2D eigenvalue weighted by molar-refractivity contribution is 5.42. The van der Waals surface area contributed by atoms with Crippen molar-refractivity contribution in [3.63, 3.8) is 0 Å². The van der Waals surface area contributed by atoms with Crippen molar-refractivity contribution in [1.29, 1.82) is 0 Å². The monoisotopic (exact) mass is 195 g/mol. The molecule has 1 heterocycles. The Labute approximate surface area is 84.5 Å². The van der Waals surface area contributed by atoms with Gasteiger partial charge in [-0.1, -0.05) is 6.07 Å². The number of pyridine rings is 1. The summed E-state index contributed by atoms with van der Waals surface area (Å²) in [6, 6.07) is 5.89. The van der Waals surface area contributed by atoms with E-state index in [0.29, 0.717) is 11.9 Å². The minimum atomic E-state index is 0.337. The van der Waals surface area contributed by atoms with Crippen molar-refractivity contribution in [2.75, 3.05) is 24.8 Å². The highest BCUT2D eigenvalue weighted by Crippen LogP contribution is 2.08. The lowest BCUT2D eigenvalue weighted by molar-refractivity contribution is 0.191. The molecule has 0 saturated carbocycles. The van der Waals surface area contributed by atoms with Crippen LogP contribution in [-0.4, -0.2) is 24.7 Å². The predicted octanol–water partition coefficient (Wildman–Crippen LogP) is 1.50. The van der Waals surface area contributed by atoms with Gasteiger partial charge in [0.15, 0.2) is 0 Å². The molecule has 0 fully saturated rings. The molecule has 0 aliphatic carbocycles. The van der Waals surface area contributed by atoms with Crippen LogP contribution < -0.4 is 11.1 Å². The van der Waals surface area contributed by atoms with Gasteiger partial charge in [-0.3, -0.25) is 0 Å². The molecule has 0 bridgehead atoms. The van der Waals surface area contributed by atoms with Crippen LogP contribution in [0.4, 0.5) is 11.6 Å². The largest absolute Gasteiger partial charge is 0.385 e. The molecule has 0 aliphatic rings. The van der Waals surface area contributed by atoms with Gasteiger partial charge in [0.25, 0.3) is 0 Å². The van der Waals surface area contributed by atoms with E-state index in [-0.39, 0.29) is 0 Å². The molecule has 0 radical (unpaired) electrons. The van der Waals surface area contributed by atoms with Crippen LogP contribution in [0.1, 0.15) is 13.3 Å². The van der Waals surface area contributed by atoms with E-state index in [0.717, 1.165) is 18.8 Å². The van der Waals surface area contributed by atoms with E-state index in [1.807, 2.05) is 12.1 Å². The fourth-order valence-electron chi connectivity index (χ4n) is 1.15. The summed E-state index contributed by atoms with van der Waals surface area (Å²) >= 11 is 0. The Hall–Kier alpha value is -1.29. The van der Waals surface area contributed by atoms with Gasteiger partial charge in [-0.15, -0.1) is 0 Å². The fraction of sp³-hybridized carbons (Fsp3) is 0.500. The molecule has 0 aromatic carbocycles. The lowest BCUT2D eigenvalue weighted by atomic mass is 10.2. The summed E-state index contributed by atoms with van der Waals surface area (Å²) in [6.45, 7) is 2.83.